The smallest absolute Gasteiger partial charge is 0.503 e. The van der Waals surface area contributed by atoms with Gasteiger partial charge in [0.25, 0.3) is 0 Å². The number of guanidine groups is 1. The average Bonchev–Trinajstić information content (AvgIpc) is 3.50. The Balaban J connectivity index is 0.00000149. The summed E-state index contributed by atoms with van der Waals surface area (Å²) in [5, 5.41) is 36.8. The average molecular weight is 792 g/mol. The maximum Gasteiger partial charge on any atom is 0.503 e. The molecule has 2 aliphatic heterocycles. The Morgan fingerprint density at radius 2 is 1.30 bits per heavy atom. The van der Waals surface area contributed by atoms with Crippen LogP contribution in [0.4, 0.5) is 4.79 Å². The maximum atomic E-state index is 11.6. The maximum absolute atomic E-state index is 11.6. The number of rotatable bonds is 8. The number of carboxylic acid groups (broad SMARTS) is 2. The molecule has 1 saturated carbocycles. The van der Waals surface area contributed by atoms with Gasteiger partial charge in [-0.2, -0.15) is 0 Å². The van der Waals surface area contributed by atoms with Crippen molar-refractivity contribution in [2.45, 2.75) is 136 Å². The number of nitrogens with zero attached hydrogens (tertiary/aromatic N) is 5. The number of benzene rings is 2. The van der Waals surface area contributed by atoms with Crippen molar-refractivity contribution in [3.8, 4) is 11.5 Å². The first-order valence-electron chi connectivity index (χ1n) is 19.5. The first-order valence-corrected chi connectivity index (χ1v) is 19.5. The van der Waals surface area contributed by atoms with Gasteiger partial charge in [0.15, 0.2) is 0 Å². The first-order chi connectivity index (χ1) is 24.7. The van der Waals surface area contributed by atoms with Crippen LogP contribution in [0, 0.1) is 0 Å². The molecule has 1 saturated heterocycles. The second kappa shape index (κ2) is 18.4. The van der Waals surface area contributed by atoms with Crippen LogP contribution in [0.15, 0.2) is 34.3 Å². The summed E-state index contributed by atoms with van der Waals surface area (Å²) in [5.74, 6) is 2.07. The van der Waals surface area contributed by atoms with Crippen molar-refractivity contribution in [1.29, 1.82) is 0 Å². The molecular weight excluding hydrogens is 725 g/mol. The van der Waals surface area contributed by atoms with E-state index in [4.69, 9.17) is 25.0 Å². The molecule has 5 rings (SSSR count). The second-order valence-electron chi connectivity index (χ2n) is 18.2. The quantitative estimate of drug-likeness (QED) is 0.157. The summed E-state index contributed by atoms with van der Waals surface area (Å²) >= 11 is 0. The molecule has 11 heteroatoms. The predicted molar refractivity (Wildman–Crippen MR) is 216 cm³/mol. The Bertz CT molecular complexity index is 1700. The summed E-state index contributed by atoms with van der Waals surface area (Å²) in [4.78, 5) is 23.8. The molecule has 2 heterocycles. The fraction of sp³-hybridized carbons (Fsp3) is 0.628. The van der Waals surface area contributed by atoms with E-state index >= 15 is 0 Å². The van der Waals surface area contributed by atoms with E-state index in [-0.39, 0.29) is 45.1 Å². The fourth-order valence-electron chi connectivity index (χ4n) is 7.64. The SMILES string of the molecule is C[N+]1=C2N(CCCc3cc(C(C)(C)C)cc(C=NC4CCCC4N=Cc4cc(C(C)(C)C)cc(C(C)(C)C)c4O)c3O)CCCN2CCC1.O=C(O)O.[Co]. The number of aromatic hydroxyl groups is 2. The molecule has 2 aromatic carbocycles. The van der Waals surface area contributed by atoms with Gasteiger partial charge >= 0.3 is 12.1 Å². The zero-order valence-electron chi connectivity index (χ0n) is 34.4. The zero-order chi connectivity index (χ0) is 39.3. The van der Waals surface area contributed by atoms with Crippen LogP contribution in [-0.4, -0.2) is 111 Å². The van der Waals surface area contributed by atoms with Crippen LogP contribution in [0.2, 0.25) is 0 Å². The molecule has 54 heavy (non-hydrogen) atoms. The van der Waals surface area contributed by atoms with Gasteiger partial charge in [0.1, 0.15) is 11.5 Å². The molecule has 2 aromatic rings. The van der Waals surface area contributed by atoms with Gasteiger partial charge in [0.2, 0.25) is 0 Å². The first kappa shape index (κ1) is 44.8. The minimum atomic E-state index is -1.83. The summed E-state index contributed by atoms with van der Waals surface area (Å²) in [6.07, 6.45) is 9.18. The van der Waals surface area contributed by atoms with Crippen LogP contribution in [0.25, 0.3) is 0 Å². The number of aliphatic imine (C=N–C) groups is 2. The van der Waals surface area contributed by atoms with Crippen molar-refractivity contribution in [3.05, 3.63) is 57.6 Å². The molecular formula is C43H66CoN5O5+. The number of phenols is 2. The van der Waals surface area contributed by atoms with Crippen LogP contribution < -0.4 is 0 Å². The molecule has 2 fully saturated rings. The Morgan fingerprint density at radius 1 is 0.778 bits per heavy atom. The van der Waals surface area contributed by atoms with E-state index in [1.165, 1.54) is 29.9 Å². The van der Waals surface area contributed by atoms with E-state index in [1.807, 2.05) is 12.4 Å². The topological polar surface area (TPSA) is 132 Å². The largest absolute Gasteiger partial charge is 0.507 e. The third-order valence-corrected chi connectivity index (χ3v) is 10.7. The standard InChI is InChI=1S/C42H63N5O2.CH2O3.Co/c1-40(2,3)32-23-29(15-12-19-46-21-14-22-47-20-13-18-45(10)39(46)47)37(48)30(24-32)27-43-35-16-11-17-36(35)44-28-31-25-33(41(4,5)6)26-34(38(31)49)42(7,8)9;2-1(3)4;/h23-28,35-36H,11-22H2,1-10H3,(H-,43,44,48,49);(H2,2,3,4);/p+1. The van der Waals surface area contributed by atoms with Gasteiger partial charge in [-0.1, -0.05) is 74.4 Å². The third kappa shape index (κ3) is 11.7. The van der Waals surface area contributed by atoms with Crippen LogP contribution in [-0.2, 0) is 39.4 Å². The van der Waals surface area contributed by atoms with Crippen molar-refractivity contribution in [1.82, 2.24) is 9.80 Å². The number of hydrogen-bond acceptors (Lipinski definition) is 7. The Hall–Kier alpha value is -3.57. The van der Waals surface area contributed by atoms with Gasteiger partial charge in [-0.15, -0.1) is 0 Å². The monoisotopic (exact) mass is 791 g/mol. The Morgan fingerprint density at radius 3 is 1.83 bits per heavy atom. The molecule has 1 radical (unpaired) electrons. The van der Waals surface area contributed by atoms with Crippen molar-refractivity contribution >= 4 is 24.5 Å². The predicted octanol–water partition coefficient (Wildman–Crippen LogP) is 8.01. The number of fused-ring (bicyclic) bond motifs is 1. The molecule has 0 spiro atoms. The van der Waals surface area contributed by atoms with Crippen molar-refractivity contribution in [2.24, 2.45) is 9.98 Å². The molecule has 2 unspecified atom stereocenters. The summed E-state index contributed by atoms with van der Waals surface area (Å²) in [5.41, 5.74) is 5.67. The molecule has 10 nitrogen and oxygen atoms in total. The molecule has 1 aliphatic carbocycles. The molecule has 301 valence electrons. The molecule has 2 atom stereocenters. The fourth-order valence-corrected chi connectivity index (χ4v) is 7.64. The number of phenolic OH excluding ortho intramolecular Hbond substituents is 2. The van der Waals surface area contributed by atoms with Crippen molar-refractivity contribution in [2.75, 3.05) is 39.8 Å². The second-order valence-corrected chi connectivity index (χ2v) is 18.2. The Kier molecular flexibility index (Phi) is 15.3. The van der Waals surface area contributed by atoms with Gasteiger partial charge in [-0.05, 0) is 77.2 Å². The minimum absolute atomic E-state index is 0. The van der Waals surface area contributed by atoms with E-state index in [1.54, 1.807) is 0 Å². The zero-order valence-corrected chi connectivity index (χ0v) is 35.4. The molecule has 0 aromatic heterocycles. The van der Waals surface area contributed by atoms with Crippen LogP contribution in [0.5, 0.6) is 11.5 Å². The number of hydrogen-bond donors (Lipinski definition) is 4. The van der Waals surface area contributed by atoms with Crippen LogP contribution in [0.1, 0.15) is 134 Å². The Labute approximate surface area is 334 Å². The van der Waals surface area contributed by atoms with Crippen molar-refractivity contribution < 1.29 is 46.6 Å². The summed E-state index contributed by atoms with van der Waals surface area (Å²) in [7, 11) is 2.22. The minimum Gasteiger partial charge on any atom is -0.507 e. The van der Waals surface area contributed by atoms with E-state index in [2.05, 4.69) is 108 Å². The van der Waals surface area contributed by atoms with Gasteiger partial charge in [0, 0.05) is 58.7 Å². The summed E-state index contributed by atoms with van der Waals surface area (Å²) in [6, 6.07) is 8.65. The van der Waals surface area contributed by atoms with Crippen LogP contribution in [0.3, 0.4) is 0 Å². The van der Waals surface area contributed by atoms with Gasteiger partial charge < -0.3 is 20.4 Å². The van der Waals surface area contributed by atoms with Gasteiger partial charge in [-0.25, -0.2) is 4.79 Å². The van der Waals surface area contributed by atoms with E-state index in [9.17, 15) is 10.2 Å². The number of carbonyl (C=O) groups is 1. The van der Waals surface area contributed by atoms with E-state index < -0.39 is 6.16 Å². The molecule has 3 aliphatic rings. The van der Waals surface area contributed by atoms with Gasteiger partial charge in [0.05, 0.1) is 51.9 Å². The normalized spacial score (nSPS) is 19.5. The molecule has 4 N–H and O–H groups in total. The molecule has 0 amide bonds. The van der Waals surface area contributed by atoms with E-state index in [0.29, 0.717) is 11.5 Å². The third-order valence-electron chi connectivity index (χ3n) is 10.7. The van der Waals surface area contributed by atoms with Gasteiger partial charge in [-0.3, -0.25) is 24.4 Å². The summed E-state index contributed by atoms with van der Waals surface area (Å²) in [6.45, 7) is 25.3. The summed E-state index contributed by atoms with van der Waals surface area (Å²) < 4.78 is 2.42. The van der Waals surface area contributed by atoms with Crippen LogP contribution >= 0.6 is 0 Å². The van der Waals surface area contributed by atoms with Crippen molar-refractivity contribution in [3.63, 3.8) is 0 Å². The number of aryl methyl sites for hydroxylation is 1. The van der Waals surface area contributed by atoms with E-state index in [0.717, 1.165) is 87.1 Å². The molecule has 0 bridgehead atoms.